The van der Waals surface area contributed by atoms with Crippen LogP contribution in [0, 0.1) is 3.70 Å². The third-order valence-electron chi connectivity index (χ3n) is 1.87. The Morgan fingerprint density at radius 2 is 2.36 bits per heavy atom. The van der Waals surface area contributed by atoms with Gasteiger partial charge in [0.1, 0.15) is 9.45 Å². The fourth-order valence-electron chi connectivity index (χ4n) is 1.02. The van der Waals surface area contributed by atoms with Gasteiger partial charge in [-0.3, -0.25) is 0 Å². The maximum absolute atomic E-state index is 10.8. The van der Waals surface area contributed by atoms with Crippen LogP contribution in [-0.4, -0.2) is 22.2 Å². The summed E-state index contributed by atoms with van der Waals surface area (Å²) in [6.45, 7) is 0. The molecule has 0 spiro atoms. The van der Waals surface area contributed by atoms with E-state index in [0.29, 0.717) is 9.45 Å². The number of rotatable bonds is 3. The van der Waals surface area contributed by atoms with Gasteiger partial charge in [0.05, 0.1) is 17.9 Å². The molecule has 1 saturated carbocycles. The number of hydrogen-bond donors (Lipinski definition) is 1. The minimum Gasteiger partial charge on any atom is -0.489 e. The maximum atomic E-state index is 10.8. The van der Waals surface area contributed by atoms with Crippen LogP contribution in [0.15, 0.2) is 12.3 Å². The van der Waals surface area contributed by atoms with Crippen LogP contribution in [0.2, 0.25) is 0 Å². The lowest BCUT2D eigenvalue weighted by molar-refractivity contribution is 0.0694. The number of nitrogens with zero attached hydrogens (tertiary/aromatic N) is 1. The topological polar surface area (TPSA) is 59.4 Å². The number of aromatic carboxylic acids is 1. The number of hydrogen-bond acceptors (Lipinski definition) is 3. The van der Waals surface area contributed by atoms with E-state index >= 15 is 0 Å². The highest BCUT2D eigenvalue weighted by Gasteiger charge is 2.24. The summed E-state index contributed by atoms with van der Waals surface area (Å²) >= 11 is 1.89. The number of carboxylic acid groups (broad SMARTS) is 1. The van der Waals surface area contributed by atoms with Gasteiger partial charge in [0.2, 0.25) is 0 Å². The average Bonchev–Trinajstić information content (AvgIpc) is 2.92. The van der Waals surface area contributed by atoms with Crippen LogP contribution in [0.5, 0.6) is 5.75 Å². The Labute approximate surface area is 94.4 Å². The molecule has 1 N–H and O–H groups in total. The molecule has 1 aromatic rings. The molecule has 74 valence electrons. The Hall–Kier alpha value is -0.850. The van der Waals surface area contributed by atoms with E-state index < -0.39 is 5.97 Å². The normalized spacial score (nSPS) is 15.2. The van der Waals surface area contributed by atoms with E-state index in [9.17, 15) is 4.79 Å². The number of halogens is 1. The van der Waals surface area contributed by atoms with Crippen LogP contribution in [-0.2, 0) is 0 Å². The summed E-state index contributed by atoms with van der Waals surface area (Å²) in [4.78, 5) is 14.7. The highest BCUT2D eigenvalue weighted by Crippen LogP contribution is 2.27. The second-order valence-corrected chi connectivity index (χ2v) is 4.15. The quantitative estimate of drug-likeness (QED) is 0.685. The molecule has 4 nitrogen and oxygen atoms in total. The molecule has 2 rings (SSSR count). The Balaban J connectivity index is 2.24. The van der Waals surface area contributed by atoms with Crippen molar-refractivity contribution in [2.45, 2.75) is 18.9 Å². The molecule has 0 radical (unpaired) electrons. The summed E-state index contributed by atoms with van der Waals surface area (Å²) < 4.78 is 5.93. The van der Waals surface area contributed by atoms with Crippen LogP contribution in [0.25, 0.3) is 0 Å². The molecule has 1 fully saturated rings. The molecule has 5 heteroatoms. The number of carbonyl (C=O) groups is 1. The van der Waals surface area contributed by atoms with Gasteiger partial charge in [0, 0.05) is 0 Å². The predicted molar refractivity (Wildman–Crippen MR) is 57.6 cm³/mol. The number of carboxylic acids is 1. The zero-order valence-corrected chi connectivity index (χ0v) is 9.39. The van der Waals surface area contributed by atoms with Gasteiger partial charge in [-0.05, 0) is 41.5 Å². The van der Waals surface area contributed by atoms with Crippen molar-refractivity contribution in [1.82, 2.24) is 4.98 Å². The van der Waals surface area contributed by atoms with Gasteiger partial charge in [-0.1, -0.05) is 0 Å². The van der Waals surface area contributed by atoms with Crippen molar-refractivity contribution >= 4 is 28.6 Å². The number of ether oxygens (including phenoxy) is 1. The highest BCUT2D eigenvalue weighted by atomic mass is 127. The smallest absolute Gasteiger partial charge is 0.338 e. The third-order valence-corrected chi connectivity index (χ3v) is 2.73. The minimum absolute atomic E-state index is 0.198. The summed E-state index contributed by atoms with van der Waals surface area (Å²) in [5.41, 5.74) is 0.198. The molecule has 0 aromatic carbocycles. The van der Waals surface area contributed by atoms with Crippen molar-refractivity contribution in [2.24, 2.45) is 0 Å². The molecule has 0 aliphatic heterocycles. The average molecular weight is 305 g/mol. The Morgan fingerprint density at radius 3 is 2.93 bits per heavy atom. The van der Waals surface area contributed by atoms with Gasteiger partial charge in [-0.15, -0.1) is 0 Å². The molecule has 14 heavy (non-hydrogen) atoms. The summed E-state index contributed by atoms with van der Waals surface area (Å²) in [5.74, 6) is -0.423. The van der Waals surface area contributed by atoms with Crippen molar-refractivity contribution in [3.63, 3.8) is 0 Å². The summed E-state index contributed by atoms with van der Waals surface area (Å²) in [6.07, 6.45) is 3.92. The van der Waals surface area contributed by atoms with Gasteiger partial charge >= 0.3 is 5.97 Å². The van der Waals surface area contributed by atoms with Gasteiger partial charge in [-0.25, -0.2) is 9.78 Å². The molecule has 1 aromatic heterocycles. The molecule has 0 saturated heterocycles. The van der Waals surface area contributed by atoms with Crippen molar-refractivity contribution in [3.8, 4) is 5.75 Å². The second-order valence-electron chi connectivity index (χ2n) is 3.13. The molecule has 0 atom stereocenters. The Kier molecular flexibility index (Phi) is 2.58. The van der Waals surface area contributed by atoms with Crippen LogP contribution in [0.3, 0.4) is 0 Å². The molecule has 1 aliphatic rings. The minimum atomic E-state index is -0.969. The molecule has 0 unspecified atom stereocenters. The monoisotopic (exact) mass is 305 g/mol. The lowest BCUT2D eigenvalue weighted by Gasteiger charge is -2.05. The van der Waals surface area contributed by atoms with E-state index in [-0.39, 0.29) is 11.7 Å². The molecular weight excluding hydrogens is 297 g/mol. The standard InChI is InChI=1S/C9H8INO3/c10-8-7(9(12)13)3-6(4-11-8)14-5-1-2-5/h3-5H,1-2H2,(H,12,13). The summed E-state index contributed by atoms with van der Waals surface area (Å²) in [7, 11) is 0. The predicted octanol–water partition coefficient (Wildman–Crippen LogP) is 1.93. The van der Waals surface area contributed by atoms with E-state index in [2.05, 4.69) is 4.98 Å². The molecule has 0 bridgehead atoms. The first-order chi connectivity index (χ1) is 6.66. The lowest BCUT2D eigenvalue weighted by Crippen LogP contribution is -2.04. The zero-order chi connectivity index (χ0) is 10.1. The zero-order valence-electron chi connectivity index (χ0n) is 7.24. The molecule has 1 aliphatic carbocycles. The van der Waals surface area contributed by atoms with Crippen molar-refractivity contribution < 1.29 is 14.6 Å². The van der Waals surface area contributed by atoms with Crippen molar-refractivity contribution in [1.29, 1.82) is 0 Å². The molecular formula is C9H8INO3. The van der Waals surface area contributed by atoms with Gasteiger partial charge in [0.25, 0.3) is 0 Å². The second kappa shape index (κ2) is 3.72. The fourth-order valence-corrected chi connectivity index (χ4v) is 1.55. The van der Waals surface area contributed by atoms with Crippen molar-refractivity contribution in [2.75, 3.05) is 0 Å². The largest absolute Gasteiger partial charge is 0.489 e. The number of aromatic nitrogens is 1. The summed E-state index contributed by atoms with van der Waals surface area (Å²) in [5, 5.41) is 8.84. The van der Waals surface area contributed by atoms with E-state index in [4.69, 9.17) is 9.84 Å². The Bertz CT molecular complexity index is 376. The van der Waals surface area contributed by atoms with E-state index in [0.717, 1.165) is 12.8 Å². The van der Waals surface area contributed by atoms with Crippen LogP contribution >= 0.6 is 22.6 Å². The van der Waals surface area contributed by atoms with Crippen LogP contribution < -0.4 is 4.74 Å². The fraction of sp³-hybridized carbons (Fsp3) is 0.333. The van der Waals surface area contributed by atoms with Gasteiger partial charge in [-0.2, -0.15) is 0 Å². The highest BCUT2D eigenvalue weighted by molar-refractivity contribution is 14.1. The first kappa shape index (κ1) is 9.70. The maximum Gasteiger partial charge on any atom is 0.338 e. The van der Waals surface area contributed by atoms with Crippen LogP contribution in [0.1, 0.15) is 23.2 Å². The lowest BCUT2D eigenvalue weighted by atomic mass is 10.3. The van der Waals surface area contributed by atoms with Gasteiger partial charge < -0.3 is 9.84 Å². The molecule has 1 heterocycles. The van der Waals surface area contributed by atoms with Crippen LogP contribution in [0.4, 0.5) is 0 Å². The SMILES string of the molecule is O=C(O)c1cc(OC2CC2)cnc1I. The third kappa shape index (κ3) is 2.14. The summed E-state index contributed by atoms with van der Waals surface area (Å²) in [6, 6.07) is 1.52. The Morgan fingerprint density at radius 1 is 1.64 bits per heavy atom. The van der Waals surface area contributed by atoms with E-state index in [1.807, 2.05) is 22.6 Å². The van der Waals surface area contributed by atoms with Crippen molar-refractivity contribution in [3.05, 3.63) is 21.5 Å². The van der Waals surface area contributed by atoms with E-state index in [1.54, 1.807) is 6.20 Å². The first-order valence-corrected chi connectivity index (χ1v) is 5.30. The van der Waals surface area contributed by atoms with E-state index in [1.165, 1.54) is 6.07 Å². The van der Waals surface area contributed by atoms with Gasteiger partial charge in [0.15, 0.2) is 0 Å². The first-order valence-electron chi connectivity index (χ1n) is 4.22. The number of pyridine rings is 1. The molecule has 0 amide bonds.